The zero-order chi connectivity index (χ0) is 14.9. The normalized spacial score (nSPS) is 30.6. The number of rotatable bonds is 3. The van der Waals surface area contributed by atoms with E-state index in [9.17, 15) is 4.79 Å². The molecule has 1 aromatic heterocycles. The van der Waals surface area contributed by atoms with E-state index in [2.05, 4.69) is 31.9 Å². The molecule has 0 bridgehead atoms. The molecule has 2 heterocycles. The third kappa shape index (κ3) is 1.73. The first-order valence-electron chi connectivity index (χ1n) is 8.57. The van der Waals surface area contributed by atoms with Gasteiger partial charge in [0.2, 0.25) is 5.91 Å². The lowest BCUT2D eigenvalue weighted by molar-refractivity contribution is -0.173. The molecule has 5 rings (SSSR count). The maximum Gasteiger partial charge on any atom is 0.233 e. The summed E-state index contributed by atoms with van der Waals surface area (Å²) in [5.41, 5.74) is 1.37. The molecular formula is C18H21BrN2O. The van der Waals surface area contributed by atoms with Gasteiger partial charge in [-0.25, -0.2) is 0 Å². The minimum Gasteiger partial charge on any atom is -0.337 e. The number of pyridine rings is 1. The summed E-state index contributed by atoms with van der Waals surface area (Å²) in [5, 5.41) is 0. The minimum absolute atomic E-state index is 0.255. The summed E-state index contributed by atoms with van der Waals surface area (Å²) in [5.74, 6) is 1.19. The molecule has 3 saturated carbocycles. The van der Waals surface area contributed by atoms with Gasteiger partial charge < -0.3 is 4.90 Å². The molecule has 3 nitrogen and oxygen atoms in total. The molecule has 0 N–H and O–H groups in total. The lowest BCUT2D eigenvalue weighted by Crippen LogP contribution is -2.71. The van der Waals surface area contributed by atoms with E-state index >= 15 is 0 Å². The van der Waals surface area contributed by atoms with Crippen LogP contribution in [0.15, 0.2) is 22.9 Å². The lowest BCUT2D eigenvalue weighted by Gasteiger charge is -2.63. The molecule has 116 valence electrons. The van der Waals surface area contributed by atoms with E-state index in [1.807, 2.05) is 6.20 Å². The second-order valence-electron chi connectivity index (χ2n) is 7.91. The smallest absolute Gasteiger partial charge is 0.233 e. The van der Waals surface area contributed by atoms with Crippen molar-refractivity contribution in [3.63, 3.8) is 0 Å². The second kappa shape index (κ2) is 4.34. The summed E-state index contributed by atoms with van der Waals surface area (Å²) < 4.78 is 0.974. The third-order valence-electron chi connectivity index (χ3n) is 6.54. The molecule has 3 aliphatic carbocycles. The SMILES string of the molecule is O=C(N1CC2(CCC2)C1C1CC1)C1(c2cncc(Br)c2)CC1. The highest BCUT2D eigenvalue weighted by Gasteiger charge is 2.65. The van der Waals surface area contributed by atoms with Crippen molar-refractivity contribution in [1.29, 1.82) is 0 Å². The van der Waals surface area contributed by atoms with Crippen LogP contribution in [-0.2, 0) is 10.2 Å². The zero-order valence-corrected chi connectivity index (χ0v) is 14.3. The highest BCUT2D eigenvalue weighted by atomic mass is 79.9. The molecule has 1 amide bonds. The van der Waals surface area contributed by atoms with E-state index in [-0.39, 0.29) is 5.41 Å². The zero-order valence-electron chi connectivity index (χ0n) is 12.7. The number of aromatic nitrogens is 1. The number of carbonyl (C=O) groups is 1. The first-order chi connectivity index (χ1) is 10.6. The Bertz CT molecular complexity index is 646. The van der Waals surface area contributed by atoms with Crippen molar-refractivity contribution in [2.75, 3.05) is 6.54 Å². The van der Waals surface area contributed by atoms with Gasteiger partial charge in [0, 0.05) is 34.9 Å². The van der Waals surface area contributed by atoms with Crippen molar-refractivity contribution < 1.29 is 4.79 Å². The van der Waals surface area contributed by atoms with Gasteiger partial charge in [-0.3, -0.25) is 9.78 Å². The molecule has 4 aliphatic rings. The molecule has 1 unspecified atom stereocenters. The van der Waals surface area contributed by atoms with E-state index in [0.29, 0.717) is 17.4 Å². The molecule has 1 atom stereocenters. The van der Waals surface area contributed by atoms with Crippen molar-refractivity contribution in [2.24, 2.45) is 11.3 Å². The molecule has 0 aromatic carbocycles. The van der Waals surface area contributed by atoms with Gasteiger partial charge in [-0.1, -0.05) is 6.42 Å². The monoisotopic (exact) mass is 360 g/mol. The first kappa shape index (κ1) is 13.5. The van der Waals surface area contributed by atoms with E-state index in [0.717, 1.165) is 35.3 Å². The summed E-state index contributed by atoms with van der Waals surface area (Å²) in [6.07, 6.45) is 12.4. The van der Waals surface area contributed by atoms with E-state index < -0.39 is 0 Å². The first-order valence-corrected chi connectivity index (χ1v) is 9.36. The fourth-order valence-electron chi connectivity index (χ4n) is 4.90. The predicted octanol–water partition coefficient (Wildman–Crippen LogP) is 3.67. The van der Waals surface area contributed by atoms with Gasteiger partial charge in [-0.2, -0.15) is 0 Å². The van der Waals surface area contributed by atoms with Gasteiger partial charge in [0.1, 0.15) is 0 Å². The molecule has 22 heavy (non-hydrogen) atoms. The molecule has 1 saturated heterocycles. The van der Waals surface area contributed by atoms with Crippen LogP contribution < -0.4 is 0 Å². The molecule has 4 heteroatoms. The Morgan fingerprint density at radius 1 is 1.23 bits per heavy atom. The third-order valence-corrected chi connectivity index (χ3v) is 6.98. The summed E-state index contributed by atoms with van der Waals surface area (Å²) in [6, 6.07) is 2.65. The number of hydrogen-bond acceptors (Lipinski definition) is 2. The van der Waals surface area contributed by atoms with Crippen LogP contribution in [0.2, 0.25) is 0 Å². The Kier molecular flexibility index (Phi) is 2.67. The second-order valence-corrected chi connectivity index (χ2v) is 8.82. The number of likely N-dealkylation sites (tertiary alicyclic amines) is 1. The Labute approximate surface area is 139 Å². The predicted molar refractivity (Wildman–Crippen MR) is 87.4 cm³/mol. The van der Waals surface area contributed by atoms with Crippen LogP contribution in [0, 0.1) is 11.3 Å². The quantitative estimate of drug-likeness (QED) is 0.823. The van der Waals surface area contributed by atoms with Crippen LogP contribution in [0.5, 0.6) is 0 Å². The fraction of sp³-hybridized carbons (Fsp3) is 0.667. The van der Waals surface area contributed by atoms with Gasteiger partial charge in [0.25, 0.3) is 0 Å². The van der Waals surface area contributed by atoms with Crippen LogP contribution in [0.1, 0.15) is 50.5 Å². The fourth-order valence-corrected chi connectivity index (χ4v) is 5.26. The van der Waals surface area contributed by atoms with Crippen LogP contribution in [0.4, 0.5) is 0 Å². The van der Waals surface area contributed by atoms with E-state index in [1.165, 1.54) is 32.1 Å². The van der Waals surface area contributed by atoms with Gasteiger partial charge >= 0.3 is 0 Å². The van der Waals surface area contributed by atoms with Crippen molar-refractivity contribution in [1.82, 2.24) is 9.88 Å². The minimum atomic E-state index is -0.255. The number of amides is 1. The summed E-state index contributed by atoms with van der Waals surface area (Å²) in [6.45, 7) is 1.02. The standard InChI is InChI=1S/C18H21BrN2O/c19-14-8-13(9-20-10-14)18(6-7-18)16(22)21-11-17(4-1-5-17)15(21)12-2-3-12/h8-10,12,15H,1-7,11H2. The molecule has 0 radical (unpaired) electrons. The molecule has 1 aliphatic heterocycles. The average Bonchev–Trinajstić information content (AvgIpc) is 3.31. The number of carbonyl (C=O) groups excluding carboxylic acids is 1. The Morgan fingerprint density at radius 3 is 2.55 bits per heavy atom. The van der Waals surface area contributed by atoms with Crippen LogP contribution in [0.25, 0.3) is 0 Å². The van der Waals surface area contributed by atoms with E-state index in [4.69, 9.17) is 0 Å². The lowest BCUT2D eigenvalue weighted by atomic mass is 9.56. The molecule has 1 aromatic rings. The molecule has 4 fully saturated rings. The molecule has 1 spiro atoms. The van der Waals surface area contributed by atoms with Crippen LogP contribution in [0.3, 0.4) is 0 Å². The van der Waals surface area contributed by atoms with Crippen molar-refractivity contribution in [2.45, 2.75) is 56.4 Å². The van der Waals surface area contributed by atoms with Crippen LogP contribution in [-0.4, -0.2) is 28.4 Å². The van der Waals surface area contributed by atoms with Crippen LogP contribution >= 0.6 is 15.9 Å². The summed E-state index contributed by atoms with van der Waals surface area (Å²) in [7, 11) is 0. The molecular weight excluding hydrogens is 340 g/mol. The summed E-state index contributed by atoms with van der Waals surface area (Å²) in [4.78, 5) is 19.8. The maximum atomic E-state index is 13.3. The topological polar surface area (TPSA) is 33.2 Å². The van der Waals surface area contributed by atoms with Gasteiger partial charge in [0.05, 0.1) is 5.41 Å². The van der Waals surface area contributed by atoms with Crippen molar-refractivity contribution in [3.05, 3.63) is 28.5 Å². The number of halogens is 1. The van der Waals surface area contributed by atoms with Gasteiger partial charge in [0.15, 0.2) is 0 Å². The van der Waals surface area contributed by atoms with Crippen molar-refractivity contribution >= 4 is 21.8 Å². The maximum absolute atomic E-state index is 13.3. The summed E-state index contributed by atoms with van der Waals surface area (Å²) >= 11 is 3.50. The van der Waals surface area contributed by atoms with Gasteiger partial charge in [-0.05, 0) is 72.0 Å². The Balaban J connectivity index is 1.43. The average molecular weight is 361 g/mol. The van der Waals surface area contributed by atoms with Gasteiger partial charge in [-0.15, -0.1) is 0 Å². The number of nitrogens with zero attached hydrogens (tertiary/aromatic N) is 2. The van der Waals surface area contributed by atoms with Crippen molar-refractivity contribution in [3.8, 4) is 0 Å². The highest BCUT2D eigenvalue weighted by Crippen LogP contribution is 2.62. The number of hydrogen-bond donors (Lipinski definition) is 0. The Hall–Kier alpha value is -0.900. The largest absolute Gasteiger partial charge is 0.337 e. The van der Waals surface area contributed by atoms with E-state index in [1.54, 1.807) is 6.20 Å². The highest BCUT2D eigenvalue weighted by molar-refractivity contribution is 9.10. The Morgan fingerprint density at radius 2 is 2.00 bits per heavy atom.